The molecule has 0 aliphatic heterocycles. The molecule has 9 heteroatoms. The van der Waals surface area contributed by atoms with Gasteiger partial charge in [-0.3, -0.25) is 0 Å². The summed E-state index contributed by atoms with van der Waals surface area (Å²) in [6.45, 7) is 11.7. The Balaban J connectivity index is 2.75. The van der Waals surface area contributed by atoms with Crippen LogP contribution in [0.25, 0.3) is 0 Å². The zero-order valence-corrected chi connectivity index (χ0v) is 17.2. The van der Waals surface area contributed by atoms with Gasteiger partial charge in [0.25, 0.3) is 10.0 Å². The molecule has 8 nitrogen and oxygen atoms in total. The van der Waals surface area contributed by atoms with Crippen molar-refractivity contribution in [1.82, 2.24) is 9.62 Å². The molecule has 27 heavy (non-hydrogen) atoms. The van der Waals surface area contributed by atoms with Crippen molar-refractivity contribution in [2.24, 2.45) is 0 Å². The molecule has 0 spiro atoms. The number of rotatable bonds is 6. The van der Waals surface area contributed by atoms with E-state index >= 15 is 0 Å². The highest BCUT2D eigenvalue weighted by molar-refractivity contribution is 7.89. The number of carbonyl (C=O) groups excluding carboxylic acids is 2. The SMILES string of the molecule is C=C(OC(=O)[C@H](C)NC(=O)OC(C)(C)C)N(C)S(=O)(=O)c1ccc(C)cc1. The third-order valence-corrected chi connectivity index (χ3v) is 5.13. The lowest BCUT2D eigenvalue weighted by Gasteiger charge is -2.23. The summed E-state index contributed by atoms with van der Waals surface area (Å²) in [5.41, 5.74) is 0.184. The van der Waals surface area contributed by atoms with Gasteiger partial charge in [-0.2, -0.15) is 0 Å². The molecule has 0 heterocycles. The van der Waals surface area contributed by atoms with Gasteiger partial charge in [0, 0.05) is 7.05 Å². The minimum absolute atomic E-state index is 0.0349. The highest BCUT2D eigenvalue weighted by Gasteiger charge is 2.27. The van der Waals surface area contributed by atoms with Gasteiger partial charge in [0.15, 0.2) is 0 Å². The maximum absolute atomic E-state index is 12.6. The number of sulfonamides is 1. The van der Waals surface area contributed by atoms with Crippen molar-refractivity contribution in [2.75, 3.05) is 7.05 Å². The van der Waals surface area contributed by atoms with Crippen molar-refractivity contribution in [3.8, 4) is 0 Å². The number of benzene rings is 1. The zero-order chi connectivity index (χ0) is 21.0. The van der Waals surface area contributed by atoms with Crippen LogP contribution in [-0.2, 0) is 24.3 Å². The first kappa shape index (κ1) is 22.5. The molecular formula is C18H26N2O6S. The molecule has 0 saturated carbocycles. The van der Waals surface area contributed by atoms with Crippen LogP contribution in [0.2, 0.25) is 0 Å². The van der Waals surface area contributed by atoms with Crippen LogP contribution in [0.5, 0.6) is 0 Å². The van der Waals surface area contributed by atoms with Crippen molar-refractivity contribution in [2.45, 2.75) is 51.2 Å². The molecule has 1 aromatic carbocycles. The molecule has 0 aliphatic rings. The standard InChI is InChI=1S/C18H26N2O6S/c1-12-8-10-15(11-9-12)27(23,24)20(7)14(3)25-16(21)13(2)19-17(22)26-18(4,5)6/h8-11,13H,3H2,1-2,4-7H3,(H,19,22)/t13-/m0/s1. The molecule has 0 radical (unpaired) electrons. The lowest BCUT2D eigenvalue weighted by molar-refractivity contribution is -0.142. The van der Waals surface area contributed by atoms with Crippen LogP contribution in [0, 0.1) is 6.92 Å². The summed E-state index contributed by atoms with van der Waals surface area (Å²) in [7, 11) is -2.71. The number of amides is 1. The second kappa shape index (κ2) is 8.43. The zero-order valence-electron chi connectivity index (χ0n) is 16.4. The van der Waals surface area contributed by atoms with Crippen molar-refractivity contribution >= 4 is 22.1 Å². The highest BCUT2D eigenvalue weighted by Crippen LogP contribution is 2.19. The Labute approximate surface area is 160 Å². The minimum atomic E-state index is -3.93. The molecule has 150 valence electrons. The maximum atomic E-state index is 12.6. The van der Waals surface area contributed by atoms with E-state index in [4.69, 9.17) is 9.47 Å². The fourth-order valence-corrected chi connectivity index (χ4v) is 2.92. The number of carbonyl (C=O) groups is 2. The van der Waals surface area contributed by atoms with Gasteiger partial charge in [-0.25, -0.2) is 22.3 Å². The lowest BCUT2D eigenvalue weighted by Crippen LogP contribution is -2.43. The molecule has 0 aliphatic carbocycles. The number of alkyl carbamates (subject to hydrolysis) is 1. The molecule has 0 unspecified atom stereocenters. The third kappa shape index (κ3) is 6.59. The number of esters is 1. The molecule has 0 aromatic heterocycles. The normalized spacial score (nSPS) is 12.7. The van der Waals surface area contributed by atoms with E-state index in [1.54, 1.807) is 32.9 Å². The van der Waals surface area contributed by atoms with Gasteiger partial charge in [0.05, 0.1) is 4.90 Å². The smallest absolute Gasteiger partial charge is 0.408 e. The summed E-state index contributed by atoms with van der Waals surface area (Å²) in [5.74, 6) is -1.27. The second-order valence-corrected chi connectivity index (χ2v) is 8.94. The van der Waals surface area contributed by atoms with Crippen molar-refractivity contribution in [1.29, 1.82) is 0 Å². The van der Waals surface area contributed by atoms with Crippen LogP contribution < -0.4 is 5.32 Å². The number of hydrogen-bond acceptors (Lipinski definition) is 6. The Kier molecular flexibility index (Phi) is 7.02. The highest BCUT2D eigenvalue weighted by atomic mass is 32.2. The summed E-state index contributed by atoms with van der Waals surface area (Å²) in [4.78, 5) is 23.8. The van der Waals surface area contributed by atoms with E-state index in [1.165, 1.54) is 26.1 Å². The molecule has 0 fully saturated rings. The summed E-state index contributed by atoms with van der Waals surface area (Å²) >= 11 is 0. The molecular weight excluding hydrogens is 372 g/mol. The van der Waals surface area contributed by atoms with Crippen LogP contribution in [0.3, 0.4) is 0 Å². The number of nitrogens with one attached hydrogen (secondary N) is 1. The number of ether oxygens (including phenoxy) is 2. The number of hydrogen-bond donors (Lipinski definition) is 1. The topological polar surface area (TPSA) is 102 Å². The Bertz CT molecular complexity index is 809. The van der Waals surface area contributed by atoms with Crippen LogP contribution in [0.15, 0.2) is 41.6 Å². The fourth-order valence-electron chi connectivity index (χ4n) is 1.81. The van der Waals surface area contributed by atoms with Crippen LogP contribution >= 0.6 is 0 Å². The Morgan fingerprint density at radius 2 is 1.70 bits per heavy atom. The molecule has 1 atom stereocenters. The monoisotopic (exact) mass is 398 g/mol. The Hall–Kier alpha value is -2.55. The first-order valence-corrected chi connectivity index (χ1v) is 9.64. The van der Waals surface area contributed by atoms with Crippen LogP contribution in [0.4, 0.5) is 4.79 Å². The molecule has 1 aromatic rings. The van der Waals surface area contributed by atoms with Crippen LogP contribution in [0.1, 0.15) is 33.3 Å². The van der Waals surface area contributed by atoms with E-state index in [9.17, 15) is 18.0 Å². The van der Waals surface area contributed by atoms with E-state index < -0.39 is 39.6 Å². The van der Waals surface area contributed by atoms with Gasteiger partial charge in [-0.05, 0) is 53.3 Å². The van der Waals surface area contributed by atoms with Gasteiger partial charge in [-0.1, -0.05) is 17.7 Å². The van der Waals surface area contributed by atoms with Crippen molar-refractivity contribution in [3.63, 3.8) is 0 Å². The molecule has 1 amide bonds. The van der Waals surface area contributed by atoms with Crippen molar-refractivity contribution in [3.05, 3.63) is 42.3 Å². The van der Waals surface area contributed by atoms with Gasteiger partial charge in [-0.15, -0.1) is 0 Å². The van der Waals surface area contributed by atoms with Gasteiger partial charge in [0.1, 0.15) is 11.6 Å². The van der Waals surface area contributed by atoms with E-state index in [1.807, 2.05) is 6.92 Å². The van der Waals surface area contributed by atoms with E-state index in [2.05, 4.69) is 11.9 Å². The predicted molar refractivity (Wildman–Crippen MR) is 100 cm³/mol. The van der Waals surface area contributed by atoms with Crippen molar-refractivity contribution < 1.29 is 27.5 Å². The first-order chi connectivity index (χ1) is 12.2. The Morgan fingerprint density at radius 3 is 2.19 bits per heavy atom. The average molecular weight is 398 g/mol. The summed E-state index contributed by atoms with van der Waals surface area (Å²) < 4.78 is 35.9. The summed E-state index contributed by atoms with van der Waals surface area (Å²) in [6, 6.07) is 5.14. The van der Waals surface area contributed by atoms with E-state index in [0.717, 1.165) is 9.87 Å². The minimum Gasteiger partial charge on any atom is -0.444 e. The first-order valence-electron chi connectivity index (χ1n) is 8.20. The van der Waals surface area contributed by atoms with Gasteiger partial charge >= 0.3 is 12.1 Å². The summed E-state index contributed by atoms with van der Waals surface area (Å²) in [5, 5.41) is 2.31. The third-order valence-electron chi connectivity index (χ3n) is 3.34. The fraction of sp³-hybridized carbons (Fsp3) is 0.444. The average Bonchev–Trinajstić information content (AvgIpc) is 2.52. The second-order valence-electron chi connectivity index (χ2n) is 6.97. The van der Waals surface area contributed by atoms with Gasteiger partial charge in [0.2, 0.25) is 5.88 Å². The van der Waals surface area contributed by atoms with E-state index in [0.29, 0.717) is 0 Å². The largest absolute Gasteiger partial charge is 0.444 e. The van der Waals surface area contributed by atoms with E-state index in [-0.39, 0.29) is 4.90 Å². The predicted octanol–water partition coefficient (Wildman–Crippen LogP) is 2.54. The molecule has 1 rings (SSSR count). The summed E-state index contributed by atoms with van der Waals surface area (Å²) in [6.07, 6.45) is -0.793. The maximum Gasteiger partial charge on any atom is 0.408 e. The number of nitrogens with zero attached hydrogens (tertiary/aromatic N) is 1. The molecule has 1 N–H and O–H groups in total. The lowest BCUT2D eigenvalue weighted by atomic mass is 10.2. The molecule has 0 bridgehead atoms. The quantitative estimate of drug-likeness (QED) is 0.584. The Morgan fingerprint density at radius 1 is 1.19 bits per heavy atom. The van der Waals surface area contributed by atoms with Crippen LogP contribution in [-0.4, -0.2) is 43.5 Å². The number of aryl methyl sites for hydroxylation is 1. The molecule has 0 saturated heterocycles. The van der Waals surface area contributed by atoms with Gasteiger partial charge < -0.3 is 14.8 Å².